The zero-order valence-electron chi connectivity index (χ0n) is 13.2. The smallest absolute Gasteiger partial charge is 0.416 e. The van der Waals surface area contributed by atoms with Crippen LogP contribution in [-0.2, 0) is 10.9 Å². The van der Waals surface area contributed by atoms with E-state index in [1.54, 1.807) is 0 Å². The van der Waals surface area contributed by atoms with Gasteiger partial charge in [-0.1, -0.05) is 17.7 Å². The van der Waals surface area contributed by atoms with Crippen LogP contribution in [0.3, 0.4) is 0 Å². The molecule has 0 atom stereocenters. The molecular formula is C16H11ClF3NO5. The van der Waals surface area contributed by atoms with Crippen LogP contribution in [-0.4, -0.2) is 17.5 Å². The molecule has 0 N–H and O–H groups in total. The quantitative estimate of drug-likeness (QED) is 0.397. The topological polar surface area (TPSA) is 78.7 Å². The van der Waals surface area contributed by atoms with E-state index in [0.717, 1.165) is 18.2 Å². The lowest BCUT2D eigenvalue weighted by Crippen LogP contribution is -2.10. The van der Waals surface area contributed by atoms with Gasteiger partial charge in [0.1, 0.15) is 11.5 Å². The van der Waals surface area contributed by atoms with E-state index < -0.39 is 33.9 Å². The number of ether oxygens (including phenoxy) is 2. The summed E-state index contributed by atoms with van der Waals surface area (Å²) in [6, 6.07) is 5.93. The summed E-state index contributed by atoms with van der Waals surface area (Å²) in [7, 11) is 0. The van der Waals surface area contributed by atoms with Crippen molar-refractivity contribution in [2.75, 3.05) is 6.61 Å². The van der Waals surface area contributed by atoms with Crippen LogP contribution in [0.5, 0.6) is 11.5 Å². The third-order valence-corrected chi connectivity index (χ3v) is 3.45. The molecule has 0 heterocycles. The van der Waals surface area contributed by atoms with Crippen LogP contribution < -0.4 is 4.74 Å². The second kappa shape index (κ2) is 7.61. The number of carbonyl (C=O) groups is 1. The summed E-state index contributed by atoms with van der Waals surface area (Å²) < 4.78 is 48.2. The van der Waals surface area contributed by atoms with E-state index in [1.165, 1.54) is 19.1 Å². The van der Waals surface area contributed by atoms with Gasteiger partial charge in [-0.2, -0.15) is 13.2 Å². The van der Waals surface area contributed by atoms with Gasteiger partial charge >= 0.3 is 12.1 Å². The van der Waals surface area contributed by atoms with Crippen LogP contribution in [0.15, 0.2) is 36.4 Å². The molecular weight excluding hydrogens is 379 g/mol. The van der Waals surface area contributed by atoms with E-state index in [1.807, 2.05) is 0 Å². The van der Waals surface area contributed by atoms with Crippen molar-refractivity contribution in [3.63, 3.8) is 0 Å². The third kappa shape index (κ3) is 4.23. The normalized spacial score (nSPS) is 11.1. The van der Waals surface area contributed by atoms with Gasteiger partial charge in [-0.05, 0) is 31.2 Å². The van der Waals surface area contributed by atoms with Gasteiger partial charge < -0.3 is 9.47 Å². The first kappa shape index (κ1) is 19.5. The molecule has 138 valence electrons. The highest BCUT2D eigenvalue weighted by atomic mass is 35.5. The van der Waals surface area contributed by atoms with E-state index in [4.69, 9.17) is 21.1 Å². The minimum atomic E-state index is -4.59. The molecule has 0 spiro atoms. The molecule has 2 aromatic rings. The standard InChI is InChI=1S/C16H11ClF3NO5/c1-2-25-15(22)14-11(21(23)24)4-3-5-13(14)26-12-7-6-9(8-10(12)17)16(18,19)20/h3-8H,2H2,1H3. The molecule has 0 aliphatic heterocycles. The fourth-order valence-corrected chi connectivity index (χ4v) is 2.26. The number of rotatable bonds is 5. The van der Waals surface area contributed by atoms with Crippen LogP contribution in [0.4, 0.5) is 18.9 Å². The van der Waals surface area contributed by atoms with Crippen LogP contribution in [0.1, 0.15) is 22.8 Å². The molecule has 0 radical (unpaired) electrons. The predicted octanol–water partition coefficient (Wildman–Crippen LogP) is 5.24. The molecule has 0 fully saturated rings. The Kier molecular flexibility index (Phi) is 5.71. The molecule has 6 nitrogen and oxygen atoms in total. The second-order valence-corrected chi connectivity index (χ2v) is 5.28. The van der Waals surface area contributed by atoms with Crippen molar-refractivity contribution in [1.82, 2.24) is 0 Å². The Morgan fingerprint density at radius 3 is 2.46 bits per heavy atom. The summed E-state index contributed by atoms with van der Waals surface area (Å²) in [6.07, 6.45) is -4.59. The first-order valence-corrected chi connectivity index (χ1v) is 7.52. The van der Waals surface area contributed by atoms with E-state index >= 15 is 0 Å². The Bertz CT molecular complexity index is 854. The number of alkyl halides is 3. The fourth-order valence-electron chi connectivity index (χ4n) is 2.04. The third-order valence-electron chi connectivity index (χ3n) is 3.16. The average Bonchev–Trinajstić information content (AvgIpc) is 2.55. The number of nitro groups is 1. The molecule has 26 heavy (non-hydrogen) atoms. The van der Waals surface area contributed by atoms with E-state index in [2.05, 4.69) is 0 Å². The lowest BCUT2D eigenvalue weighted by Gasteiger charge is -2.13. The zero-order valence-corrected chi connectivity index (χ0v) is 13.9. The maximum absolute atomic E-state index is 12.7. The molecule has 0 aliphatic carbocycles. The van der Waals surface area contributed by atoms with Gasteiger partial charge in [-0.25, -0.2) is 4.79 Å². The minimum absolute atomic E-state index is 0.0364. The number of nitrogens with zero attached hydrogens (tertiary/aromatic N) is 1. The molecule has 0 aromatic heterocycles. The minimum Gasteiger partial charge on any atom is -0.462 e. The highest BCUT2D eigenvalue weighted by Gasteiger charge is 2.31. The number of nitro benzene ring substituents is 1. The number of halogens is 4. The summed E-state index contributed by atoms with van der Waals surface area (Å²) in [6.45, 7) is 1.48. The van der Waals surface area contributed by atoms with E-state index in [0.29, 0.717) is 6.07 Å². The number of hydrogen-bond acceptors (Lipinski definition) is 5. The number of carbonyl (C=O) groups excluding carboxylic acids is 1. The van der Waals surface area contributed by atoms with Crippen molar-refractivity contribution in [1.29, 1.82) is 0 Å². The molecule has 0 bridgehead atoms. The van der Waals surface area contributed by atoms with Gasteiger partial charge in [0.15, 0.2) is 5.56 Å². The highest BCUT2D eigenvalue weighted by Crippen LogP contribution is 2.38. The van der Waals surface area contributed by atoms with Gasteiger partial charge in [0.05, 0.1) is 22.1 Å². The molecule has 0 aliphatic rings. The van der Waals surface area contributed by atoms with Gasteiger partial charge in [-0.3, -0.25) is 10.1 Å². The lowest BCUT2D eigenvalue weighted by atomic mass is 10.1. The largest absolute Gasteiger partial charge is 0.462 e. The van der Waals surface area contributed by atoms with E-state index in [-0.39, 0.29) is 23.1 Å². The van der Waals surface area contributed by atoms with Crippen molar-refractivity contribution >= 4 is 23.3 Å². The molecule has 0 amide bonds. The second-order valence-electron chi connectivity index (χ2n) is 4.87. The van der Waals surface area contributed by atoms with Gasteiger partial charge in [-0.15, -0.1) is 0 Å². The monoisotopic (exact) mass is 389 g/mol. The number of esters is 1. The lowest BCUT2D eigenvalue weighted by molar-refractivity contribution is -0.385. The van der Waals surface area contributed by atoms with E-state index in [9.17, 15) is 28.1 Å². The molecule has 10 heteroatoms. The van der Waals surface area contributed by atoms with Crippen LogP contribution in [0.25, 0.3) is 0 Å². The number of benzene rings is 2. The Hall–Kier alpha value is -2.81. The predicted molar refractivity (Wildman–Crippen MR) is 85.6 cm³/mol. The Labute approximate surface area is 150 Å². The fraction of sp³-hybridized carbons (Fsp3) is 0.188. The average molecular weight is 390 g/mol. The SMILES string of the molecule is CCOC(=O)c1c(Oc2ccc(C(F)(F)F)cc2Cl)cccc1[N+](=O)[O-]. The first-order chi connectivity index (χ1) is 12.1. The van der Waals surface area contributed by atoms with Crippen molar-refractivity contribution in [3.05, 3.63) is 62.7 Å². The Morgan fingerprint density at radius 2 is 1.92 bits per heavy atom. The van der Waals surface area contributed by atoms with Crippen molar-refractivity contribution < 1.29 is 32.4 Å². The van der Waals surface area contributed by atoms with Gasteiger partial charge in [0.25, 0.3) is 5.69 Å². The molecule has 0 saturated carbocycles. The van der Waals surface area contributed by atoms with Crippen molar-refractivity contribution in [2.24, 2.45) is 0 Å². The maximum Gasteiger partial charge on any atom is 0.416 e. The first-order valence-electron chi connectivity index (χ1n) is 7.14. The summed E-state index contributed by atoms with van der Waals surface area (Å²) in [5.74, 6) is -1.47. The summed E-state index contributed by atoms with van der Waals surface area (Å²) in [4.78, 5) is 22.4. The summed E-state index contributed by atoms with van der Waals surface area (Å²) >= 11 is 5.81. The zero-order chi connectivity index (χ0) is 19.5. The highest BCUT2D eigenvalue weighted by molar-refractivity contribution is 6.32. The molecule has 0 unspecified atom stereocenters. The van der Waals surface area contributed by atoms with Crippen molar-refractivity contribution in [3.8, 4) is 11.5 Å². The molecule has 2 aromatic carbocycles. The number of hydrogen-bond donors (Lipinski definition) is 0. The molecule has 0 saturated heterocycles. The van der Waals surface area contributed by atoms with Crippen molar-refractivity contribution in [2.45, 2.75) is 13.1 Å². The Balaban J connectivity index is 2.48. The van der Waals surface area contributed by atoms with Crippen LogP contribution in [0.2, 0.25) is 5.02 Å². The Morgan fingerprint density at radius 1 is 1.23 bits per heavy atom. The molecule has 2 rings (SSSR count). The van der Waals surface area contributed by atoms with Gasteiger partial charge in [0.2, 0.25) is 0 Å². The maximum atomic E-state index is 12.7. The van der Waals surface area contributed by atoms with Crippen LogP contribution >= 0.6 is 11.6 Å². The van der Waals surface area contributed by atoms with Gasteiger partial charge in [0, 0.05) is 6.07 Å². The summed E-state index contributed by atoms with van der Waals surface area (Å²) in [5.41, 5.74) is -2.01. The van der Waals surface area contributed by atoms with Crippen LogP contribution in [0, 0.1) is 10.1 Å². The summed E-state index contributed by atoms with van der Waals surface area (Å²) in [5, 5.41) is 10.8.